The molecule has 10 heteroatoms. The summed E-state index contributed by atoms with van der Waals surface area (Å²) in [5.74, 6) is 1.03. The molecule has 2 atom stereocenters. The molecule has 0 aromatic heterocycles. The summed E-state index contributed by atoms with van der Waals surface area (Å²) in [5.41, 5.74) is 0.778. The van der Waals surface area contributed by atoms with E-state index in [1.165, 1.54) is 12.1 Å². The molecule has 0 saturated carbocycles. The molecule has 2 aliphatic heterocycles. The lowest BCUT2D eigenvalue weighted by Gasteiger charge is -2.23. The molecule has 27 heavy (non-hydrogen) atoms. The second-order valence-corrected chi connectivity index (χ2v) is 6.72. The Kier molecular flexibility index (Phi) is 5.65. The van der Waals surface area contributed by atoms with E-state index in [4.69, 9.17) is 4.74 Å². The van der Waals surface area contributed by atoms with Crippen LogP contribution in [0.3, 0.4) is 0 Å². The molecule has 1 aromatic rings. The van der Waals surface area contributed by atoms with Crippen LogP contribution in [-0.4, -0.2) is 58.6 Å². The lowest BCUT2D eigenvalue weighted by Crippen LogP contribution is -2.37. The second kappa shape index (κ2) is 8.12. The fraction of sp³-hybridized carbons (Fsp3) is 0.471. The molecule has 3 rings (SSSR count). The van der Waals surface area contributed by atoms with Gasteiger partial charge in [-0.25, -0.2) is 10.1 Å². The number of benzene rings is 1. The van der Waals surface area contributed by atoms with Gasteiger partial charge in [0.2, 0.25) is 0 Å². The van der Waals surface area contributed by atoms with Gasteiger partial charge >= 0.3 is 0 Å². The Balaban J connectivity index is 1.72. The molecule has 2 unspecified atom stereocenters. The summed E-state index contributed by atoms with van der Waals surface area (Å²) in [6, 6.07) is 6.10. The van der Waals surface area contributed by atoms with Gasteiger partial charge in [0.25, 0.3) is 11.6 Å². The molecule has 0 spiro atoms. The number of nitrogens with zero attached hydrogens (tertiary/aromatic N) is 5. The van der Waals surface area contributed by atoms with Crippen molar-refractivity contribution in [3.8, 4) is 0 Å². The zero-order valence-corrected chi connectivity index (χ0v) is 14.9. The van der Waals surface area contributed by atoms with Gasteiger partial charge in [-0.15, -0.1) is 0 Å². The van der Waals surface area contributed by atoms with Crippen molar-refractivity contribution in [3.05, 3.63) is 56.3 Å². The third-order valence-electron chi connectivity index (χ3n) is 4.84. The Morgan fingerprint density at radius 2 is 1.96 bits per heavy atom. The standard InChI is InChI=1S/C17H21N5O5/c1-13-11-27-12-15(13)10-20-9-8-19(17(20)18-22(25)26)7-6-14-2-4-16(5-3-14)21(23)24/h2-7,13,15H,8-12H2,1H3. The molecule has 2 saturated heterocycles. The largest absolute Gasteiger partial charge is 0.381 e. The van der Waals surface area contributed by atoms with Crippen LogP contribution in [-0.2, 0) is 4.74 Å². The average molecular weight is 375 g/mol. The molecular formula is C17H21N5O5. The van der Waals surface area contributed by atoms with E-state index in [-0.39, 0.29) is 5.69 Å². The topological polar surface area (TPSA) is 114 Å². The lowest BCUT2D eigenvalue weighted by atomic mass is 9.98. The van der Waals surface area contributed by atoms with E-state index in [1.807, 2.05) is 4.90 Å². The Morgan fingerprint density at radius 3 is 2.56 bits per heavy atom. The predicted octanol–water partition coefficient (Wildman–Crippen LogP) is 2.01. The maximum absolute atomic E-state index is 11.0. The summed E-state index contributed by atoms with van der Waals surface area (Å²) in [5, 5.41) is 24.6. The Hall–Kier alpha value is -3.01. The minimum atomic E-state index is -0.686. The molecule has 2 aliphatic rings. The SMILES string of the molecule is CC1COCC1CN1CCN(C=Cc2ccc([N+](=O)[O-])cc2)C1=N[N+](=O)[O-]. The molecule has 1 aromatic carbocycles. The molecule has 0 N–H and O–H groups in total. The number of hydrogen-bond donors (Lipinski definition) is 0. The van der Waals surface area contributed by atoms with Gasteiger partial charge in [-0.05, 0) is 29.7 Å². The third kappa shape index (κ3) is 4.59. The fourth-order valence-electron chi connectivity index (χ4n) is 3.22. The Labute approximate surface area is 156 Å². The van der Waals surface area contributed by atoms with Gasteiger partial charge in [0.15, 0.2) is 5.03 Å². The van der Waals surface area contributed by atoms with Crippen LogP contribution in [0.25, 0.3) is 6.08 Å². The van der Waals surface area contributed by atoms with E-state index < -0.39 is 9.96 Å². The maximum Gasteiger partial charge on any atom is 0.278 e. The maximum atomic E-state index is 11.0. The van der Waals surface area contributed by atoms with Crippen LogP contribution in [0.15, 0.2) is 35.6 Å². The highest BCUT2D eigenvalue weighted by Gasteiger charge is 2.33. The summed E-state index contributed by atoms with van der Waals surface area (Å²) in [6.45, 7) is 5.37. The predicted molar refractivity (Wildman–Crippen MR) is 98.3 cm³/mol. The highest BCUT2D eigenvalue weighted by Crippen LogP contribution is 2.23. The van der Waals surface area contributed by atoms with E-state index in [0.29, 0.717) is 50.6 Å². The first-order chi connectivity index (χ1) is 12.9. The van der Waals surface area contributed by atoms with Gasteiger partial charge in [0, 0.05) is 50.5 Å². The van der Waals surface area contributed by atoms with Crippen molar-refractivity contribution in [2.45, 2.75) is 6.92 Å². The van der Waals surface area contributed by atoms with E-state index in [2.05, 4.69) is 12.0 Å². The van der Waals surface area contributed by atoms with E-state index in [1.54, 1.807) is 29.3 Å². The molecule has 0 bridgehead atoms. The zero-order valence-electron chi connectivity index (χ0n) is 14.9. The van der Waals surface area contributed by atoms with Crippen LogP contribution in [0.2, 0.25) is 0 Å². The van der Waals surface area contributed by atoms with Crippen molar-refractivity contribution in [1.29, 1.82) is 0 Å². The van der Waals surface area contributed by atoms with Gasteiger partial charge in [-0.2, -0.15) is 0 Å². The Bertz CT molecular complexity index is 763. The molecule has 2 fully saturated rings. The van der Waals surface area contributed by atoms with Gasteiger partial charge in [0.05, 0.1) is 11.5 Å². The first-order valence-corrected chi connectivity index (χ1v) is 8.69. The number of ether oxygens (including phenoxy) is 1. The smallest absolute Gasteiger partial charge is 0.278 e. The summed E-state index contributed by atoms with van der Waals surface area (Å²) in [6.07, 6.45) is 3.47. The van der Waals surface area contributed by atoms with Crippen molar-refractivity contribution < 1.29 is 14.7 Å². The van der Waals surface area contributed by atoms with Crippen molar-refractivity contribution in [1.82, 2.24) is 9.80 Å². The summed E-state index contributed by atoms with van der Waals surface area (Å²) >= 11 is 0. The summed E-state index contributed by atoms with van der Waals surface area (Å²) in [4.78, 5) is 24.9. The van der Waals surface area contributed by atoms with Crippen LogP contribution in [0.1, 0.15) is 12.5 Å². The molecule has 2 heterocycles. The molecular weight excluding hydrogens is 354 g/mol. The van der Waals surface area contributed by atoms with Crippen LogP contribution in [0, 0.1) is 32.1 Å². The van der Waals surface area contributed by atoms with Crippen molar-refractivity contribution in [2.75, 3.05) is 32.8 Å². The molecule has 0 amide bonds. The Morgan fingerprint density at radius 1 is 1.22 bits per heavy atom. The van der Waals surface area contributed by atoms with E-state index in [0.717, 1.165) is 5.56 Å². The lowest BCUT2D eigenvalue weighted by molar-refractivity contribution is -0.486. The molecule has 0 radical (unpaired) electrons. The minimum Gasteiger partial charge on any atom is -0.381 e. The van der Waals surface area contributed by atoms with Gasteiger partial charge in [-0.1, -0.05) is 6.92 Å². The van der Waals surface area contributed by atoms with Crippen molar-refractivity contribution >= 4 is 17.7 Å². The number of guanidine groups is 1. The fourth-order valence-corrected chi connectivity index (χ4v) is 3.22. The van der Waals surface area contributed by atoms with Gasteiger partial charge in [-0.3, -0.25) is 10.1 Å². The highest BCUT2D eigenvalue weighted by atomic mass is 16.7. The number of nitro groups is 2. The molecule has 0 aliphatic carbocycles. The van der Waals surface area contributed by atoms with Gasteiger partial charge in [0.1, 0.15) is 5.10 Å². The second-order valence-electron chi connectivity index (χ2n) is 6.72. The molecule has 144 valence electrons. The molecule has 10 nitrogen and oxygen atoms in total. The first-order valence-electron chi connectivity index (χ1n) is 8.69. The summed E-state index contributed by atoms with van der Waals surface area (Å²) in [7, 11) is 0. The van der Waals surface area contributed by atoms with E-state index >= 15 is 0 Å². The van der Waals surface area contributed by atoms with Crippen molar-refractivity contribution in [3.63, 3.8) is 0 Å². The average Bonchev–Trinajstić information content (AvgIpc) is 3.20. The van der Waals surface area contributed by atoms with Crippen LogP contribution in [0.4, 0.5) is 5.69 Å². The summed E-state index contributed by atoms with van der Waals surface area (Å²) < 4.78 is 5.48. The zero-order chi connectivity index (χ0) is 19.4. The van der Waals surface area contributed by atoms with Crippen molar-refractivity contribution in [2.24, 2.45) is 16.9 Å². The number of nitro benzene ring substituents is 1. The van der Waals surface area contributed by atoms with Crippen LogP contribution in [0.5, 0.6) is 0 Å². The number of hydrogen-bond acceptors (Lipinski definition) is 5. The van der Waals surface area contributed by atoms with Crippen LogP contribution >= 0.6 is 0 Å². The number of rotatable bonds is 6. The number of hydrazone groups is 1. The van der Waals surface area contributed by atoms with E-state index in [9.17, 15) is 20.2 Å². The quantitative estimate of drug-likeness (QED) is 0.552. The monoisotopic (exact) mass is 375 g/mol. The van der Waals surface area contributed by atoms with Crippen LogP contribution < -0.4 is 0 Å². The highest BCUT2D eigenvalue weighted by molar-refractivity contribution is 5.83. The minimum absolute atomic E-state index is 0.0167. The normalized spacial score (nSPS) is 24.3. The first kappa shape index (κ1) is 18.8. The van der Waals surface area contributed by atoms with Gasteiger partial charge < -0.3 is 14.5 Å². The third-order valence-corrected chi connectivity index (χ3v) is 4.84. The number of non-ortho nitro benzene ring substituents is 1.